The van der Waals surface area contributed by atoms with Crippen LogP contribution in [-0.4, -0.2) is 13.6 Å². The molecule has 0 bridgehead atoms. The van der Waals surface area contributed by atoms with E-state index in [0.717, 1.165) is 11.6 Å². The van der Waals surface area contributed by atoms with Gasteiger partial charge in [-0.3, -0.25) is 0 Å². The summed E-state index contributed by atoms with van der Waals surface area (Å²) in [6, 6.07) is 4.11. The summed E-state index contributed by atoms with van der Waals surface area (Å²) >= 11 is 0. The minimum Gasteiger partial charge on any atom is -0.496 e. The average Bonchev–Trinajstić information content (AvgIpc) is 2.18. The van der Waals surface area contributed by atoms with Gasteiger partial charge in [-0.1, -0.05) is 28.7 Å². The summed E-state index contributed by atoms with van der Waals surface area (Å²) in [4.78, 5) is 0. The summed E-state index contributed by atoms with van der Waals surface area (Å²) in [5, 5.41) is 0. The van der Waals surface area contributed by atoms with Crippen LogP contribution in [0.25, 0.3) is 0 Å². The van der Waals surface area contributed by atoms with E-state index in [1.54, 1.807) is 13.0 Å². The molecule has 1 rings (SSSR count). The molecule has 0 atom stereocenters. The van der Waals surface area contributed by atoms with Crippen molar-refractivity contribution >= 4 is 12.4 Å². The molecular weight excluding hydrogens is 228 g/mol. The Hall–Kier alpha value is -1.39. The van der Waals surface area contributed by atoms with Crippen molar-refractivity contribution < 1.29 is 17.7 Å². The molecule has 1 nitrogen and oxygen atoms in total. The van der Waals surface area contributed by atoms with Crippen LogP contribution >= 0.6 is 0 Å². The number of benzene rings is 1. The first-order valence-corrected chi connectivity index (χ1v) is 5.38. The second kappa shape index (κ2) is 5.30. The zero-order valence-corrected chi connectivity index (χ0v) is 9.97. The van der Waals surface area contributed by atoms with Crippen molar-refractivity contribution in [2.45, 2.75) is 20.3 Å². The van der Waals surface area contributed by atoms with Crippen molar-refractivity contribution in [2.75, 3.05) is 6.61 Å². The van der Waals surface area contributed by atoms with E-state index in [-0.39, 0.29) is 12.4 Å². The van der Waals surface area contributed by atoms with Crippen molar-refractivity contribution in [3.8, 4) is 5.75 Å². The lowest BCUT2D eigenvalue weighted by Gasteiger charge is -2.20. The largest absolute Gasteiger partial charge is 0.513 e. The van der Waals surface area contributed by atoms with E-state index < -0.39 is 12.4 Å². The molecule has 5 heteroatoms. The fourth-order valence-corrected chi connectivity index (χ4v) is 1.39. The van der Waals surface area contributed by atoms with Crippen LogP contribution < -0.4 is 10.2 Å². The van der Waals surface area contributed by atoms with Crippen molar-refractivity contribution in [1.29, 1.82) is 0 Å². The molecule has 0 saturated heterocycles. The maximum Gasteiger partial charge on any atom is 0.513 e. The van der Waals surface area contributed by atoms with E-state index in [2.05, 4.69) is 6.58 Å². The molecule has 0 aliphatic heterocycles. The van der Waals surface area contributed by atoms with Crippen LogP contribution in [0.3, 0.4) is 0 Å². The maximum absolute atomic E-state index is 12.8. The van der Waals surface area contributed by atoms with Crippen molar-refractivity contribution in [3.63, 3.8) is 0 Å². The Morgan fingerprint density at radius 1 is 1.35 bits per heavy atom. The van der Waals surface area contributed by atoms with Gasteiger partial charge in [0, 0.05) is 6.42 Å². The van der Waals surface area contributed by atoms with Gasteiger partial charge in [0.05, 0.1) is 12.4 Å². The number of hydrogen-bond acceptors (Lipinski definition) is 1. The van der Waals surface area contributed by atoms with Crippen molar-refractivity contribution in [1.82, 2.24) is 0 Å². The third-order valence-electron chi connectivity index (χ3n) is 2.30. The Kier molecular flexibility index (Phi) is 4.26. The molecule has 0 aliphatic carbocycles. The maximum atomic E-state index is 12.8. The monoisotopic (exact) mass is 243 g/mol. The van der Waals surface area contributed by atoms with Gasteiger partial charge in [-0.05, 0) is 19.9 Å². The van der Waals surface area contributed by atoms with Crippen LogP contribution in [0.1, 0.15) is 18.9 Å². The van der Waals surface area contributed by atoms with E-state index in [1.807, 2.05) is 6.92 Å². The van der Waals surface area contributed by atoms with Crippen LogP contribution in [-0.2, 0) is 0 Å². The van der Waals surface area contributed by atoms with Crippen LogP contribution in [0.2, 0.25) is 0 Å². The molecule has 0 aliphatic rings. The minimum atomic E-state index is -5.04. The Morgan fingerprint density at radius 2 is 2.00 bits per heavy atom. The number of halogens is 3. The first kappa shape index (κ1) is 13.7. The molecule has 0 heterocycles. The van der Waals surface area contributed by atoms with E-state index >= 15 is 0 Å². The SMILES string of the molecule is C=C(C)CCOc1ccc(C)cc1[B-](F)(F)F. The summed E-state index contributed by atoms with van der Waals surface area (Å²) < 4.78 is 43.5. The zero-order valence-electron chi connectivity index (χ0n) is 9.97. The van der Waals surface area contributed by atoms with Crippen LogP contribution in [0.15, 0.2) is 30.4 Å². The fraction of sp³-hybridized carbons (Fsp3) is 0.333. The molecule has 0 aromatic heterocycles. The minimum absolute atomic E-state index is 0.0932. The smallest absolute Gasteiger partial charge is 0.496 e. The van der Waals surface area contributed by atoms with Gasteiger partial charge in [0.2, 0.25) is 0 Å². The third-order valence-corrected chi connectivity index (χ3v) is 2.30. The lowest BCUT2D eigenvalue weighted by molar-refractivity contribution is 0.322. The highest BCUT2D eigenvalue weighted by molar-refractivity contribution is 6.74. The summed E-state index contributed by atoms with van der Waals surface area (Å²) in [7, 11) is 0. The second-order valence-electron chi connectivity index (χ2n) is 4.17. The average molecular weight is 243 g/mol. The summed E-state index contributed by atoms with van der Waals surface area (Å²) in [6.45, 7) is 2.30. The van der Waals surface area contributed by atoms with Crippen molar-refractivity contribution in [3.05, 3.63) is 35.9 Å². The second-order valence-corrected chi connectivity index (χ2v) is 4.17. The van der Waals surface area contributed by atoms with Gasteiger partial charge in [0.1, 0.15) is 0 Å². The van der Waals surface area contributed by atoms with E-state index in [1.165, 1.54) is 6.07 Å². The summed E-state index contributed by atoms with van der Waals surface area (Å²) in [5.74, 6) is -0.0932. The predicted molar refractivity (Wildman–Crippen MR) is 64.8 cm³/mol. The highest BCUT2D eigenvalue weighted by Crippen LogP contribution is 2.19. The van der Waals surface area contributed by atoms with Gasteiger partial charge in [0.15, 0.2) is 0 Å². The molecule has 0 saturated carbocycles. The number of hydrogen-bond donors (Lipinski definition) is 0. The van der Waals surface area contributed by atoms with Crippen LogP contribution in [0, 0.1) is 6.92 Å². The standard InChI is InChI=1S/C12H15BF3O/c1-9(2)6-7-17-12-5-4-10(3)8-11(12)13(14,15)16/h4-5,8H,1,6-7H2,2-3H3/q-1. The normalized spacial score (nSPS) is 11.4. The summed E-state index contributed by atoms with van der Waals surface area (Å²) in [6.07, 6.45) is 0.554. The summed E-state index contributed by atoms with van der Waals surface area (Å²) in [5.41, 5.74) is 0.800. The molecule has 1 aromatic carbocycles. The van der Waals surface area contributed by atoms with Gasteiger partial charge in [-0.15, -0.1) is 6.58 Å². The first-order valence-electron chi connectivity index (χ1n) is 5.38. The fourth-order valence-electron chi connectivity index (χ4n) is 1.39. The molecule has 0 spiro atoms. The topological polar surface area (TPSA) is 9.23 Å². The Bertz CT molecular complexity index is 413. The van der Waals surface area contributed by atoms with E-state index in [4.69, 9.17) is 4.74 Å². The Balaban J connectivity index is 2.87. The Labute approximate surface area is 99.3 Å². The van der Waals surface area contributed by atoms with Gasteiger partial charge in [-0.2, -0.15) is 0 Å². The number of rotatable bonds is 5. The highest BCUT2D eigenvalue weighted by atomic mass is 19.4. The molecule has 0 fully saturated rings. The zero-order chi connectivity index (χ0) is 13.1. The molecule has 1 aromatic rings. The quantitative estimate of drug-likeness (QED) is 0.568. The van der Waals surface area contributed by atoms with E-state index in [9.17, 15) is 12.9 Å². The van der Waals surface area contributed by atoms with Gasteiger partial charge < -0.3 is 17.7 Å². The van der Waals surface area contributed by atoms with Crippen molar-refractivity contribution in [2.24, 2.45) is 0 Å². The van der Waals surface area contributed by atoms with Gasteiger partial charge in [-0.25, -0.2) is 0 Å². The lowest BCUT2D eigenvalue weighted by Crippen LogP contribution is -2.35. The number of aryl methyl sites for hydroxylation is 1. The number of ether oxygens (including phenoxy) is 1. The van der Waals surface area contributed by atoms with Crippen LogP contribution in [0.4, 0.5) is 12.9 Å². The predicted octanol–water partition coefficient (Wildman–Crippen LogP) is 3.39. The highest BCUT2D eigenvalue weighted by Gasteiger charge is 2.29. The molecule has 0 radical (unpaired) electrons. The molecule has 0 N–H and O–H groups in total. The molecule has 17 heavy (non-hydrogen) atoms. The third kappa shape index (κ3) is 4.17. The first-order chi connectivity index (χ1) is 7.80. The van der Waals surface area contributed by atoms with Gasteiger partial charge in [0.25, 0.3) is 0 Å². The molecule has 0 amide bonds. The molecule has 94 valence electrons. The van der Waals surface area contributed by atoms with Crippen LogP contribution in [0.5, 0.6) is 5.75 Å². The molecule has 0 unspecified atom stereocenters. The van der Waals surface area contributed by atoms with Gasteiger partial charge >= 0.3 is 6.98 Å². The molecular formula is C12H15BF3O-. The van der Waals surface area contributed by atoms with E-state index in [0.29, 0.717) is 12.0 Å². The lowest BCUT2D eigenvalue weighted by atomic mass is 9.78. The Morgan fingerprint density at radius 3 is 2.53 bits per heavy atom.